The molecule has 0 aliphatic carbocycles. The Hall–Kier alpha value is -2.42. The van der Waals surface area contributed by atoms with Crippen molar-refractivity contribution in [1.82, 2.24) is 4.90 Å². The van der Waals surface area contributed by atoms with Crippen molar-refractivity contribution in [3.63, 3.8) is 0 Å². The summed E-state index contributed by atoms with van der Waals surface area (Å²) in [4.78, 5) is 40.8. The van der Waals surface area contributed by atoms with Crippen molar-refractivity contribution in [2.45, 2.75) is 32.4 Å². The Kier molecular flexibility index (Phi) is 6.13. The van der Waals surface area contributed by atoms with Crippen LogP contribution in [0.2, 0.25) is 0 Å². The molecule has 0 fully saturated rings. The van der Waals surface area contributed by atoms with E-state index in [9.17, 15) is 19.7 Å². The summed E-state index contributed by atoms with van der Waals surface area (Å²) in [6, 6.07) is 4.57. The molecule has 1 atom stereocenters. The van der Waals surface area contributed by atoms with Gasteiger partial charge < -0.3 is 10.2 Å². The number of anilines is 1. The fraction of sp³-hybridized carbons (Fsp3) is 0.438. The Labute approximate surface area is 149 Å². The Bertz CT molecular complexity index is 731. The number of carbonyl (C=O) groups excluding carboxylic acids is 2. The number of aliphatic imine (C=N–C) groups is 1. The van der Waals surface area contributed by atoms with E-state index in [-0.39, 0.29) is 23.7 Å². The number of amides is 2. The zero-order valence-electron chi connectivity index (χ0n) is 14.3. The highest BCUT2D eigenvalue weighted by molar-refractivity contribution is 8.15. The first-order valence-electron chi connectivity index (χ1n) is 7.94. The molecule has 0 radical (unpaired) electrons. The molecular weight excluding hydrogens is 344 g/mol. The molecule has 0 unspecified atom stereocenters. The summed E-state index contributed by atoms with van der Waals surface area (Å²) < 4.78 is 0. The Morgan fingerprint density at radius 3 is 2.68 bits per heavy atom. The molecule has 9 heteroatoms. The molecule has 2 amide bonds. The van der Waals surface area contributed by atoms with Gasteiger partial charge in [0, 0.05) is 25.6 Å². The van der Waals surface area contributed by atoms with Crippen LogP contribution in [0.3, 0.4) is 0 Å². The molecule has 25 heavy (non-hydrogen) atoms. The molecule has 1 aliphatic rings. The van der Waals surface area contributed by atoms with Crippen LogP contribution in [-0.4, -0.2) is 45.1 Å². The van der Waals surface area contributed by atoms with E-state index in [1.807, 2.05) is 18.7 Å². The summed E-state index contributed by atoms with van der Waals surface area (Å²) in [5.74, 6) is -0.797. The standard InChI is InChI=1S/C16H20N4O4S/c1-4-19(5-2)16-18-15(22)13(25-16)9-14(21)17-11-7-6-10(3)8-12(11)20(23)24/h6-8,13H,4-5,9H2,1-3H3,(H,17,21)/t13-/m1/s1. The highest BCUT2D eigenvalue weighted by atomic mass is 32.2. The molecule has 0 spiro atoms. The number of aryl methyl sites for hydroxylation is 1. The molecule has 0 saturated carbocycles. The fourth-order valence-corrected chi connectivity index (χ4v) is 3.60. The lowest BCUT2D eigenvalue weighted by molar-refractivity contribution is -0.384. The molecule has 1 aliphatic heterocycles. The second-order valence-corrected chi connectivity index (χ2v) is 6.71. The topological polar surface area (TPSA) is 105 Å². The summed E-state index contributed by atoms with van der Waals surface area (Å²) in [6.45, 7) is 7.12. The summed E-state index contributed by atoms with van der Waals surface area (Å²) in [7, 11) is 0. The molecular formula is C16H20N4O4S. The number of benzene rings is 1. The Balaban J connectivity index is 2.03. The van der Waals surface area contributed by atoms with Gasteiger partial charge in [-0.05, 0) is 32.4 Å². The zero-order chi connectivity index (χ0) is 18.6. The fourth-order valence-electron chi connectivity index (χ4n) is 2.41. The number of nitrogens with one attached hydrogen (secondary N) is 1. The zero-order valence-corrected chi connectivity index (χ0v) is 15.1. The van der Waals surface area contributed by atoms with Crippen LogP contribution in [0, 0.1) is 17.0 Å². The SMILES string of the molecule is CCN(CC)C1=NC(=O)[C@@H](CC(=O)Nc2ccc(C)cc2[N+](=O)[O-])S1. The van der Waals surface area contributed by atoms with E-state index < -0.39 is 16.1 Å². The number of hydrogen-bond acceptors (Lipinski definition) is 6. The second kappa shape index (κ2) is 8.11. The molecule has 0 bridgehead atoms. The minimum Gasteiger partial charge on any atom is -0.352 e. The lowest BCUT2D eigenvalue weighted by Crippen LogP contribution is -2.28. The highest BCUT2D eigenvalue weighted by Crippen LogP contribution is 2.29. The Morgan fingerprint density at radius 1 is 1.40 bits per heavy atom. The van der Waals surface area contributed by atoms with Gasteiger partial charge >= 0.3 is 0 Å². The first-order valence-corrected chi connectivity index (χ1v) is 8.82. The van der Waals surface area contributed by atoms with Crippen molar-refractivity contribution in [3.8, 4) is 0 Å². The number of nitrogens with zero attached hydrogens (tertiary/aromatic N) is 3. The first-order chi connectivity index (χ1) is 11.8. The minimum atomic E-state index is -0.597. The molecule has 1 N–H and O–H groups in total. The largest absolute Gasteiger partial charge is 0.352 e. The second-order valence-electron chi connectivity index (χ2n) is 5.54. The van der Waals surface area contributed by atoms with Gasteiger partial charge in [-0.25, -0.2) is 0 Å². The maximum absolute atomic E-state index is 12.2. The van der Waals surface area contributed by atoms with E-state index >= 15 is 0 Å². The van der Waals surface area contributed by atoms with Crippen molar-refractivity contribution in [2.75, 3.05) is 18.4 Å². The van der Waals surface area contributed by atoms with Crippen LogP contribution in [0.25, 0.3) is 0 Å². The van der Waals surface area contributed by atoms with Gasteiger partial charge in [0.15, 0.2) is 5.17 Å². The lowest BCUT2D eigenvalue weighted by atomic mass is 10.2. The van der Waals surface area contributed by atoms with Gasteiger partial charge in [0.1, 0.15) is 10.9 Å². The predicted molar refractivity (Wildman–Crippen MR) is 97.8 cm³/mol. The average molecular weight is 364 g/mol. The van der Waals surface area contributed by atoms with E-state index in [1.165, 1.54) is 23.9 Å². The van der Waals surface area contributed by atoms with Crippen LogP contribution in [0.1, 0.15) is 25.8 Å². The van der Waals surface area contributed by atoms with Gasteiger partial charge in [0.2, 0.25) is 5.91 Å². The number of carbonyl (C=O) groups is 2. The van der Waals surface area contributed by atoms with Crippen molar-refractivity contribution in [3.05, 3.63) is 33.9 Å². The Morgan fingerprint density at radius 2 is 2.08 bits per heavy atom. The maximum atomic E-state index is 12.2. The lowest BCUT2D eigenvalue weighted by Gasteiger charge is -2.19. The maximum Gasteiger partial charge on any atom is 0.293 e. The summed E-state index contributed by atoms with van der Waals surface area (Å²) in [5, 5.41) is 13.7. The summed E-state index contributed by atoms with van der Waals surface area (Å²) in [5.41, 5.74) is 0.684. The third kappa shape index (κ3) is 4.56. The number of amidine groups is 1. The smallest absolute Gasteiger partial charge is 0.293 e. The van der Waals surface area contributed by atoms with E-state index in [2.05, 4.69) is 10.3 Å². The van der Waals surface area contributed by atoms with Gasteiger partial charge in [-0.15, -0.1) is 0 Å². The molecule has 1 aromatic rings. The third-order valence-corrected chi connectivity index (χ3v) is 4.97. The van der Waals surface area contributed by atoms with E-state index in [1.54, 1.807) is 13.0 Å². The number of rotatable bonds is 6. The minimum absolute atomic E-state index is 0.0806. The quantitative estimate of drug-likeness (QED) is 0.614. The number of thioether (sulfide) groups is 1. The molecule has 1 aromatic carbocycles. The van der Waals surface area contributed by atoms with Gasteiger partial charge in [0.25, 0.3) is 11.6 Å². The van der Waals surface area contributed by atoms with E-state index in [0.29, 0.717) is 5.17 Å². The van der Waals surface area contributed by atoms with E-state index in [0.717, 1.165) is 18.7 Å². The van der Waals surface area contributed by atoms with E-state index in [4.69, 9.17) is 0 Å². The number of nitro benzene ring substituents is 1. The van der Waals surface area contributed by atoms with Gasteiger partial charge in [-0.2, -0.15) is 4.99 Å². The molecule has 0 saturated heterocycles. The number of nitro groups is 1. The highest BCUT2D eigenvalue weighted by Gasteiger charge is 2.32. The van der Waals surface area contributed by atoms with Crippen LogP contribution in [-0.2, 0) is 9.59 Å². The first kappa shape index (κ1) is 18.9. The average Bonchev–Trinajstić information content (AvgIpc) is 2.90. The summed E-state index contributed by atoms with van der Waals surface area (Å²) >= 11 is 1.26. The van der Waals surface area contributed by atoms with Crippen LogP contribution >= 0.6 is 11.8 Å². The van der Waals surface area contributed by atoms with Gasteiger partial charge in [-0.1, -0.05) is 17.8 Å². The number of hydrogen-bond donors (Lipinski definition) is 1. The van der Waals surface area contributed by atoms with Crippen molar-refractivity contribution in [1.29, 1.82) is 0 Å². The van der Waals surface area contributed by atoms with Crippen molar-refractivity contribution in [2.24, 2.45) is 4.99 Å². The summed E-state index contributed by atoms with van der Waals surface area (Å²) in [6.07, 6.45) is -0.0806. The normalized spacial score (nSPS) is 16.5. The molecule has 1 heterocycles. The molecule has 2 rings (SSSR count). The molecule has 0 aromatic heterocycles. The third-order valence-electron chi connectivity index (χ3n) is 3.76. The molecule has 8 nitrogen and oxygen atoms in total. The van der Waals surface area contributed by atoms with Crippen LogP contribution in [0.4, 0.5) is 11.4 Å². The monoisotopic (exact) mass is 364 g/mol. The van der Waals surface area contributed by atoms with Crippen LogP contribution < -0.4 is 5.32 Å². The van der Waals surface area contributed by atoms with Crippen molar-refractivity contribution >= 4 is 40.1 Å². The van der Waals surface area contributed by atoms with Gasteiger partial charge in [0.05, 0.1) is 4.92 Å². The molecule has 134 valence electrons. The van der Waals surface area contributed by atoms with Gasteiger partial charge in [-0.3, -0.25) is 19.7 Å². The van der Waals surface area contributed by atoms with Crippen LogP contribution in [0.15, 0.2) is 23.2 Å². The predicted octanol–water partition coefficient (Wildman–Crippen LogP) is 2.57. The van der Waals surface area contributed by atoms with Crippen LogP contribution in [0.5, 0.6) is 0 Å². The van der Waals surface area contributed by atoms with Crippen molar-refractivity contribution < 1.29 is 14.5 Å².